The summed E-state index contributed by atoms with van der Waals surface area (Å²) in [5.41, 5.74) is 1.28. The third-order valence-electron chi connectivity index (χ3n) is 5.15. The van der Waals surface area contributed by atoms with E-state index in [4.69, 9.17) is 4.52 Å². The molecule has 0 saturated carbocycles. The van der Waals surface area contributed by atoms with Crippen LogP contribution in [0.15, 0.2) is 47.1 Å². The molecule has 30 heavy (non-hydrogen) atoms. The fourth-order valence-corrected chi connectivity index (χ4v) is 3.50. The number of nitrogens with zero attached hydrogens (tertiary/aromatic N) is 5. The lowest BCUT2D eigenvalue weighted by molar-refractivity contribution is 0.0767. The van der Waals surface area contributed by atoms with E-state index >= 15 is 0 Å². The Morgan fingerprint density at radius 2 is 1.90 bits per heavy atom. The van der Waals surface area contributed by atoms with Crippen LogP contribution in [0.3, 0.4) is 0 Å². The predicted molar refractivity (Wildman–Crippen MR) is 111 cm³/mol. The fraction of sp³-hybridized carbons (Fsp3) is 0.364. The van der Waals surface area contributed by atoms with Gasteiger partial charge in [-0.1, -0.05) is 19.0 Å². The van der Waals surface area contributed by atoms with Gasteiger partial charge in [-0.05, 0) is 42.8 Å². The standard InChI is InChI=1S/C22H24FN5O2/c1-15(2)19-25-21(30-26-19)18-5-3-10-24-20(18)27-11-4-12-28(14-13-27)22(29)16-6-8-17(23)9-7-16/h3,5-10,15H,4,11-14H2,1-2H3. The number of aromatic nitrogens is 3. The van der Waals surface area contributed by atoms with E-state index in [0.717, 1.165) is 24.3 Å². The molecular weight excluding hydrogens is 385 g/mol. The third kappa shape index (κ3) is 4.17. The first kappa shape index (κ1) is 20.0. The summed E-state index contributed by atoms with van der Waals surface area (Å²) >= 11 is 0. The summed E-state index contributed by atoms with van der Waals surface area (Å²) in [7, 11) is 0. The minimum absolute atomic E-state index is 0.0865. The van der Waals surface area contributed by atoms with E-state index in [1.54, 1.807) is 11.1 Å². The molecule has 0 bridgehead atoms. The molecule has 0 atom stereocenters. The normalized spacial score (nSPS) is 14.8. The van der Waals surface area contributed by atoms with Gasteiger partial charge in [-0.15, -0.1) is 0 Å². The summed E-state index contributed by atoms with van der Waals surface area (Å²) in [5.74, 6) is 1.62. The second kappa shape index (κ2) is 8.61. The van der Waals surface area contributed by atoms with E-state index in [9.17, 15) is 9.18 Å². The van der Waals surface area contributed by atoms with Crippen LogP contribution in [0.25, 0.3) is 11.5 Å². The van der Waals surface area contributed by atoms with Crippen molar-refractivity contribution in [1.82, 2.24) is 20.0 Å². The quantitative estimate of drug-likeness (QED) is 0.653. The van der Waals surface area contributed by atoms with Crippen molar-refractivity contribution in [2.45, 2.75) is 26.2 Å². The number of rotatable bonds is 4. The molecule has 3 aromatic rings. The molecule has 1 fully saturated rings. The SMILES string of the molecule is CC(C)c1noc(-c2cccnc2N2CCCN(C(=O)c3ccc(F)cc3)CC2)n1. The highest BCUT2D eigenvalue weighted by molar-refractivity contribution is 5.94. The fourth-order valence-electron chi connectivity index (χ4n) is 3.50. The van der Waals surface area contributed by atoms with Crippen molar-refractivity contribution in [2.75, 3.05) is 31.1 Å². The number of hydrogen-bond donors (Lipinski definition) is 0. The first-order valence-electron chi connectivity index (χ1n) is 10.1. The average Bonchev–Trinajstić information content (AvgIpc) is 3.13. The third-order valence-corrected chi connectivity index (χ3v) is 5.15. The molecule has 1 aliphatic rings. The summed E-state index contributed by atoms with van der Waals surface area (Å²) in [4.78, 5) is 25.8. The minimum atomic E-state index is -0.349. The lowest BCUT2D eigenvalue weighted by Crippen LogP contribution is -2.35. The molecule has 3 heterocycles. The van der Waals surface area contributed by atoms with Crippen LogP contribution in [-0.4, -0.2) is 52.1 Å². The molecule has 0 unspecified atom stereocenters. The zero-order valence-corrected chi connectivity index (χ0v) is 17.1. The molecule has 7 nitrogen and oxygen atoms in total. The molecule has 1 amide bonds. The highest BCUT2D eigenvalue weighted by Crippen LogP contribution is 2.29. The summed E-state index contributed by atoms with van der Waals surface area (Å²) in [6.45, 7) is 6.59. The monoisotopic (exact) mass is 409 g/mol. The largest absolute Gasteiger partial charge is 0.354 e. The van der Waals surface area contributed by atoms with Gasteiger partial charge in [0.1, 0.15) is 11.6 Å². The molecular formula is C22H24FN5O2. The van der Waals surface area contributed by atoms with Gasteiger partial charge in [0.25, 0.3) is 11.8 Å². The molecule has 4 rings (SSSR count). The zero-order chi connectivity index (χ0) is 21.1. The number of amides is 1. The van der Waals surface area contributed by atoms with Gasteiger partial charge in [0, 0.05) is 43.9 Å². The molecule has 1 aliphatic heterocycles. The molecule has 8 heteroatoms. The summed E-state index contributed by atoms with van der Waals surface area (Å²) < 4.78 is 18.6. The van der Waals surface area contributed by atoms with Crippen molar-refractivity contribution in [3.63, 3.8) is 0 Å². The van der Waals surface area contributed by atoms with E-state index in [1.165, 1.54) is 24.3 Å². The molecule has 0 aliphatic carbocycles. The number of carbonyl (C=O) groups is 1. The van der Waals surface area contributed by atoms with Crippen LogP contribution in [0.5, 0.6) is 0 Å². The Morgan fingerprint density at radius 3 is 2.63 bits per heavy atom. The van der Waals surface area contributed by atoms with Gasteiger partial charge in [-0.25, -0.2) is 9.37 Å². The average molecular weight is 409 g/mol. The second-order valence-electron chi connectivity index (χ2n) is 7.63. The van der Waals surface area contributed by atoms with Gasteiger partial charge >= 0.3 is 0 Å². The van der Waals surface area contributed by atoms with E-state index in [1.807, 2.05) is 26.0 Å². The van der Waals surface area contributed by atoms with Gasteiger partial charge in [0.05, 0.1) is 5.56 Å². The van der Waals surface area contributed by atoms with Gasteiger partial charge in [-0.2, -0.15) is 4.98 Å². The Kier molecular flexibility index (Phi) is 5.74. The van der Waals surface area contributed by atoms with Crippen LogP contribution in [0, 0.1) is 5.82 Å². The maximum atomic E-state index is 13.2. The van der Waals surface area contributed by atoms with Crippen LogP contribution in [0.1, 0.15) is 42.4 Å². The van der Waals surface area contributed by atoms with Crippen LogP contribution in [0.2, 0.25) is 0 Å². The first-order chi connectivity index (χ1) is 14.5. The molecule has 2 aromatic heterocycles. The van der Waals surface area contributed by atoms with E-state index in [0.29, 0.717) is 36.9 Å². The first-order valence-corrected chi connectivity index (χ1v) is 10.1. The van der Waals surface area contributed by atoms with Crippen molar-refractivity contribution < 1.29 is 13.7 Å². The van der Waals surface area contributed by atoms with Crippen LogP contribution < -0.4 is 4.90 Å². The van der Waals surface area contributed by atoms with E-state index in [2.05, 4.69) is 20.0 Å². The maximum Gasteiger partial charge on any atom is 0.261 e. The van der Waals surface area contributed by atoms with Crippen molar-refractivity contribution in [3.8, 4) is 11.5 Å². The summed E-state index contributed by atoms with van der Waals surface area (Å²) in [6, 6.07) is 9.45. The Balaban J connectivity index is 1.52. The number of carbonyl (C=O) groups excluding carboxylic acids is 1. The van der Waals surface area contributed by atoms with Gasteiger partial charge < -0.3 is 14.3 Å². The van der Waals surface area contributed by atoms with Crippen molar-refractivity contribution in [2.24, 2.45) is 0 Å². The van der Waals surface area contributed by atoms with Gasteiger partial charge in [0.15, 0.2) is 5.82 Å². The van der Waals surface area contributed by atoms with Crippen molar-refractivity contribution in [3.05, 3.63) is 59.8 Å². The lowest BCUT2D eigenvalue weighted by Gasteiger charge is -2.24. The maximum absolute atomic E-state index is 13.2. The van der Waals surface area contributed by atoms with Crippen LogP contribution >= 0.6 is 0 Å². The minimum Gasteiger partial charge on any atom is -0.354 e. The van der Waals surface area contributed by atoms with Crippen LogP contribution in [-0.2, 0) is 0 Å². The Bertz CT molecular complexity index is 1020. The number of benzene rings is 1. The Morgan fingerprint density at radius 1 is 1.10 bits per heavy atom. The van der Waals surface area contributed by atoms with Crippen LogP contribution in [0.4, 0.5) is 10.2 Å². The second-order valence-corrected chi connectivity index (χ2v) is 7.63. The summed E-state index contributed by atoms with van der Waals surface area (Å²) in [6.07, 6.45) is 2.54. The Hall–Kier alpha value is -3.29. The smallest absolute Gasteiger partial charge is 0.261 e. The van der Waals surface area contributed by atoms with Crippen molar-refractivity contribution >= 4 is 11.7 Å². The lowest BCUT2D eigenvalue weighted by atomic mass is 10.2. The predicted octanol–water partition coefficient (Wildman–Crippen LogP) is 3.75. The highest BCUT2D eigenvalue weighted by Gasteiger charge is 2.24. The number of hydrogen-bond acceptors (Lipinski definition) is 6. The zero-order valence-electron chi connectivity index (χ0n) is 17.1. The number of pyridine rings is 1. The van der Waals surface area contributed by atoms with Crippen molar-refractivity contribution in [1.29, 1.82) is 0 Å². The highest BCUT2D eigenvalue weighted by atomic mass is 19.1. The molecule has 1 saturated heterocycles. The van der Waals surface area contributed by atoms with E-state index in [-0.39, 0.29) is 17.6 Å². The molecule has 0 N–H and O–H groups in total. The van der Waals surface area contributed by atoms with Gasteiger partial charge in [-0.3, -0.25) is 4.79 Å². The summed E-state index contributed by atoms with van der Waals surface area (Å²) in [5, 5.41) is 4.06. The van der Waals surface area contributed by atoms with E-state index < -0.39 is 0 Å². The van der Waals surface area contributed by atoms with Gasteiger partial charge in [0.2, 0.25) is 0 Å². The number of halogens is 1. The molecule has 156 valence electrons. The topological polar surface area (TPSA) is 75.4 Å². The Labute approximate surface area is 174 Å². The molecule has 0 spiro atoms. The number of anilines is 1. The molecule has 1 aromatic carbocycles. The molecule has 0 radical (unpaired) electrons.